The molecule has 144 valence electrons. The van der Waals surface area contributed by atoms with E-state index in [1.165, 1.54) is 0 Å². The summed E-state index contributed by atoms with van der Waals surface area (Å²) in [6.07, 6.45) is 3.32. The van der Waals surface area contributed by atoms with Crippen LogP contribution in [0.15, 0.2) is 73.1 Å². The number of para-hydroxylation sites is 2. The van der Waals surface area contributed by atoms with E-state index in [0.29, 0.717) is 23.5 Å². The van der Waals surface area contributed by atoms with Gasteiger partial charge in [0.15, 0.2) is 6.61 Å². The normalized spacial score (nSPS) is 10.6. The summed E-state index contributed by atoms with van der Waals surface area (Å²) in [6.45, 7) is -0.0483. The lowest BCUT2D eigenvalue weighted by Gasteiger charge is -2.09. The molecule has 0 bridgehead atoms. The lowest BCUT2D eigenvalue weighted by Crippen LogP contribution is -2.28. The minimum absolute atomic E-state index is 0.319. The summed E-state index contributed by atoms with van der Waals surface area (Å²) in [5, 5.41) is 2.70. The van der Waals surface area contributed by atoms with Crippen LogP contribution in [0, 0.1) is 0 Å². The molecule has 2 aromatic heterocycles. The third kappa shape index (κ3) is 4.30. The molecule has 4 rings (SSSR count). The number of rotatable bonds is 6. The number of imidazole rings is 1. The highest BCUT2D eigenvalue weighted by molar-refractivity contribution is 5.98. The molecule has 7 nitrogen and oxygen atoms in total. The topological polar surface area (TPSA) is 97.0 Å². The Hall–Kier alpha value is -4.00. The number of fused-ring (bicyclic) bond motifs is 1. The van der Waals surface area contributed by atoms with Gasteiger partial charge in [0.05, 0.1) is 16.6 Å². The lowest BCUT2D eigenvalue weighted by atomic mass is 10.1. The SMILES string of the molecule is O=C(COC(=O)c1ccccc1-c1nc2ccccc2[nH]1)NCc1cccnc1. The van der Waals surface area contributed by atoms with E-state index in [1.54, 1.807) is 36.7 Å². The van der Waals surface area contributed by atoms with Crippen LogP contribution in [0.3, 0.4) is 0 Å². The Labute approximate surface area is 166 Å². The van der Waals surface area contributed by atoms with Crippen molar-refractivity contribution in [3.8, 4) is 11.4 Å². The molecule has 0 radical (unpaired) electrons. The number of carbonyl (C=O) groups excluding carboxylic acids is 2. The maximum Gasteiger partial charge on any atom is 0.339 e. The van der Waals surface area contributed by atoms with Crippen LogP contribution < -0.4 is 5.32 Å². The molecule has 2 N–H and O–H groups in total. The summed E-state index contributed by atoms with van der Waals surface area (Å²) >= 11 is 0. The van der Waals surface area contributed by atoms with Crippen molar-refractivity contribution in [1.29, 1.82) is 0 Å². The fraction of sp³-hybridized carbons (Fsp3) is 0.0909. The van der Waals surface area contributed by atoms with E-state index in [1.807, 2.05) is 36.4 Å². The van der Waals surface area contributed by atoms with E-state index >= 15 is 0 Å². The van der Waals surface area contributed by atoms with E-state index in [-0.39, 0.29) is 12.5 Å². The number of benzene rings is 2. The smallest absolute Gasteiger partial charge is 0.339 e. The summed E-state index contributed by atoms with van der Waals surface area (Å²) < 4.78 is 5.21. The largest absolute Gasteiger partial charge is 0.452 e. The maximum absolute atomic E-state index is 12.6. The van der Waals surface area contributed by atoms with Crippen LogP contribution in [0.5, 0.6) is 0 Å². The van der Waals surface area contributed by atoms with Gasteiger partial charge in [-0.15, -0.1) is 0 Å². The van der Waals surface area contributed by atoms with Crippen molar-refractivity contribution in [3.63, 3.8) is 0 Å². The lowest BCUT2D eigenvalue weighted by molar-refractivity contribution is -0.124. The fourth-order valence-electron chi connectivity index (χ4n) is 2.91. The average molecular weight is 386 g/mol. The molecule has 0 aliphatic heterocycles. The molecule has 0 atom stereocenters. The number of aromatic nitrogens is 3. The molecular weight excluding hydrogens is 368 g/mol. The number of amides is 1. The van der Waals surface area contributed by atoms with Crippen LogP contribution in [0.2, 0.25) is 0 Å². The van der Waals surface area contributed by atoms with Crippen LogP contribution in [0.4, 0.5) is 0 Å². The molecule has 0 unspecified atom stereocenters. The summed E-state index contributed by atoms with van der Waals surface area (Å²) in [7, 11) is 0. The van der Waals surface area contributed by atoms with Crippen molar-refractivity contribution in [1.82, 2.24) is 20.3 Å². The van der Waals surface area contributed by atoms with Crippen molar-refractivity contribution < 1.29 is 14.3 Å². The average Bonchev–Trinajstić information content (AvgIpc) is 3.21. The Kier molecular flexibility index (Phi) is 5.29. The molecule has 0 fully saturated rings. The van der Waals surface area contributed by atoms with Gasteiger partial charge in [-0.2, -0.15) is 0 Å². The fourth-order valence-corrected chi connectivity index (χ4v) is 2.91. The number of nitrogens with one attached hydrogen (secondary N) is 2. The second-order valence-corrected chi connectivity index (χ2v) is 6.36. The quantitative estimate of drug-likeness (QED) is 0.496. The minimum atomic E-state index is -0.586. The van der Waals surface area contributed by atoms with E-state index in [0.717, 1.165) is 16.6 Å². The second-order valence-electron chi connectivity index (χ2n) is 6.36. The van der Waals surface area contributed by atoms with Crippen molar-refractivity contribution in [3.05, 3.63) is 84.2 Å². The predicted octanol–water partition coefficient (Wildman–Crippen LogP) is 3.10. The zero-order chi connectivity index (χ0) is 20.1. The maximum atomic E-state index is 12.6. The number of pyridine rings is 1. The Morgan fingerprint density at radius 1 is 1.00 bits per heavy atom. The van der Waals surface area contributed by atoms with Crippen LogP contribution in [-0.2, 0) is 16.1 Å². The molecule has 0 spiro atoms. The molecule has 2 aromatic carbocycles. The van der Waals surface area contributed by atoms with Gasteiger partial charge >= 0.3 is 5.97 Å². The van der Waals surface area contributed by atoms with Crippen molar-refractivity contribution in [2.45, 2.75) is 6.54 Å². The van der Waals surface area contributed by atoms with Gasteiger partial charge in [-0.1, -0.05) is 36.4 Å². The van der Waals surface area contributed by atoms with E-state index < -0.39 is 5.97 Å². The number of H-pyrrole nitrogens is 1. The molecule has 0 saturated carbocycles. The summed E-state index contributed by atoms with van der Waals surface area (Å²) in [5.41, 5.74) is 3.50. The van der Waals surface area contributed by atoms with Gasteiger partial charge in [0, 0.05) is 24.5 Å². The van der Waals surface area contributed by atoms with E-state index in [2.05, 4.69) is 20.3 Å². The Morgan fingerprint density at radius 3 is 2.66 bits per heavy atom. The van der Waals surface area contributed by atoms with Gasteiger partial charge < -0.3 is 15.0 Å². The third-order valence-corrected chi connectivity index (χ3v) is 4.34. The molecule has 0 saturated heterocycles. The van der Waals surface area contributed by atoms with Gasteiger partial charge in [0.25, 0.3) is 5.91 Å². The molecule has 2 heterocycles. The number of hydrogen-bond donors (Lipinski definition) is 2. The number of aromatic amines is 1. The Morgan fingerprint density at radius 2 is 1.83 bits per heavy atom. The number of ether oxygens (including phenoxy) is 1. The van der Waals surface area contributed by atoms with Gasteiger partial charge in [0.2, 0.25) is 0 Å². The van der Waals surface area contributed by atoms with Gasteiger partial charge in [-0.05, 0) is 29.8 Å². The first kappa shape index (κ1) is 18.4. The number of esters is 1. The van der Waals surface area contributed by atoms with Crippen LogP contribution >= 0.6 is 0 Å². The van der Waals surface area contributed by atoms with Gasteiger partial charge in [-0.25, -0.2) is 9.78 Å². The molecule has 0 aliphatic carbocycles. The monoisotopic (exact) mass is 386 g/mol. The van der Waals surface area contributed by atoms with Crippen LogP contribution in [0.25, 0.3) is 22.4 Å². The summed E-state index contributed by atoms with van der Waals surface area (Å²) in [6, 6.07) is 18.3. The van der Waals surface area contributed by atoms with E-state index in [9.17, 15) is 9.59 Å². The minimum Gasteiger partial charge on any atom is -0.452 e. The highest BCUT2D eigenvalue weighted by atomic mass is 16.5. The number of hydrogen-bond acceptors (Lipinski definition) is 5. The standard InChI is InChI=1S/C22H18N4O3/c27-20(24-13-15-6-5-11-23-12-15)14-29-22(28)17-8-2-1-7-16(17)21-25-18-9-3-4-10-19(18)26-21/h1-12H,13-14H2,(H,24,27)(H,25,26). The van der Waals surface area contributed by atoms with Gasteiger partial charge in [0.1, 0.15) is 5.82 Å². The van der Waals surface area contributed by atoms with Crippen molar-refractivity contribution in [2.24, 2.45) is 0 Å². The van der Waals surface area contributed by atoms with Crippen molar-refractivity contribution in [2.75, 3.05) is 6.61 Å². The van der Waals surface area contributed by atoms with Crippen LogP contribution in [0.1, 0.15) is 15.9 Å². The Balaban J connectivity index is 1.43. The Bertz CT molecular complexity index is 1120. The number of carbonyl (C=O) groups is 2. The zero-order valence-corrected chi connectivity index (χ0v) is 15.5. The van der Waals surface area contributed by atoms with Crippen molar-refractivity contribution >= 4 is 22.9 Å². The molecule has 7 heteroatoms. The first-order valence-corrected chi connectivity index (χ1v) is 9.07. The second kappa shape index (κ2) is 8.35. The van der Waals surface area contributed by atoms with Gasteiger partial charge in [-0.3, -0.25) is 9.78 Å². The first-order chi connectivity index (χ1) is 14.2. The summed E-state index contributed by atoms with van der Waals surface area (Å²) in [4.78, 5) is 36.3. The zero-order valence-electron chi connectivity index (χ0n) is 15.5. The molecule has 29 heavy (non-hydrogen) atoms. The highest BCUT2D eigenvalue weighted by Gasteiger charge is 2.17. The molecular formula is C22H18N4O3. The third-order valence-electron chi connectivity index (χ3n) is 4.34. The molecule has 1 amide bonds. The highest BCUT2D eigenvalue weighted by Crippen LogP contribution is 2.24. The molecule has 4 aromatic rings. The van der Waals surface area contributed by atoms with Crippen LogP contribution in [-0.4, -0.2) is 33.4 Å². The molecule has 0 aliphatic rings. The predicted molar refractivity (Wildman–Crippen MR) is 108 cm³/mol. The summed E-state index contributed by atoms with van der Waals surface area (Å²) in [5.74, 6) is -0.402. The van der Waals surface area contributed by atoms with E-state index in [4.69, 9.17) is 4.74 Å². The first-order valence-electron chi connectivity index (χ1n) is 9.07. The number of nitrogens with zero attached hydrogens (tertiary/aromatic N) is 2.